The van der Waals surface area contributed by atoms with Crippen LogP contribution in [0.5, 0.6) is 5.75 Å². The lowest BCUT2D eigenvalue weighted by atomic mass is 10.1. The van der Waals surface area contributed by atoms with E-state index >= 15 is 0 Å². The maximum absolute atomic E-state index is 12.9. The zero-order valence-corrected chi connectivity index (χ0v) is 21.6. The second kappa shape index (κ2) is 11.5. The Labute approximate surface area is 219 Å². The maximum Gasteiger partial charge on any atom is 0.260 e. The quantitative estimate of drug-likeness (QED) is 0.288. The number of hydrogen-bond acceptors (Lipinski definition) is 8. The number of aromatic nitrogens is 4. The molecule has 38 heavy (non-hydrogen) atoms. The smallest absolute Gasteiger partial charge is 0.260 e. The highest BCUT2D eigenvalue weighted by Gasteiger charge is 2.22. The van der Waals surface area contributed by atoms with Gasteiger partial charge in [-0.25, -0.2) is 15.0 Å². The number of nitrogens with zero attached hydrogens (tertiary/aromatic N) is 4. The molecule has 11 heteroatoms. The molecule has 11 nitrogen and oxygen atoms in total. The van der Waals surface area contributed by atoms with Gasteiger partial charge in [-0.1, -0.05) is 18.2 Å². The van der Waals surface area contributed by atoms with Crippen LogP contribution < -0.4 is 21.1 Å². The SMILES string of the molecule is COC/C=C/C(=O)NC(C)c1nc(-c2ccc(C(=O)Nc3ccc(C)cn3)c(OC)c2)c2c(N)nccn12. The van der Waals surface area contributed by atoms with Gasteiger partial charge in [0.25, 0.3) is 5.91 Å². The van der Waals surface area contributed by atoms with E-state index in [1.54, 1.807) is 60.4 Å². The second-order valence-electron chi connectivity index (χ2n) is 8.53. The van der Waals surface area contributed by atoms with Crippen molar-refractivity contribution in [1.82, 2.24) is 24.7 Å². The molecular weight excluding hydrogens is 486 g/mol. The Bertz CT molecular complexity index is 1500. The van der Waals surface area contributed by atoms with Gasteiger partial charge in [-0.15, -0.1) is 0 Å². The number of fused-ring (bicyclic) bond motifs is 1. The monoisotopic (exact) mass is 515 g/mol. The number of ether oxygens (including phenoxy) is 2. The predicted octanol–water partition coefficient (Wildman–Crippen LogP) is 3.32. The van der Waals surface area contributed by atoms with Crippen molar-refractivity contribution in [3.05, 3.63) is 78.0 Å². The molecule has 3 heterocycles. The summed E-state index contributed by atoms with van der Waals surface area (Å²) in [5.41, 5.74) is 9.33. The summed E-state index contributed by atoms with van der Waals surface area (Å²) in [6.45, 7) is 4.07. The Morgan fingerprint density at radius 3 is 2.71 bits per heavy atom. The Morgan fingerprint density at radius 1 is 1.18 bits per heavy atom. The Kier molecular flexibility index (Phi) is 7.97. The van der Waals surface area contributed by atoms with Crippen LogP contribution in [0.3, 0.4) is 0 Å². The van der Waals surface area contributed by atoms with Crippen LogP contribution in [0.2, 0.25) is 0 Å². The van der Waals surface area contributed by atoms with Crippen molar-refractivity contribution >= 4 is 29.0 Å². The number of pyridine rings is 1. The number of nitrogen functional groups attached to an aromatic ring is 1. The number of hydrogen-bond donors (Lipinski definition) is 3. The number of nitrogens with one attached hydrogen (secondary N) is 2. The topological polar surface area (TPSA) is 146 Å². The fourth-order valence-electron chi connectivity index (χ4n) is 3.92. The number of rotatable bonds is 9. The number of amides is 2. The average Bonchev–Trinajstić information content (AvgIpc) is 3.31. The Balaban J connectivity index is 1.68. The molecule has 1 aromatic carbocycles. The minimum atomic E-state index is -0.452. The highest BCUT2D eigenvalue weighted by Crippen LogP contribution is 2.33. The van der Waals surface area contributed by atoms with Gasteiger partial charge in [0.05, 0.1) is 25.3 Å². The summed E-state index contributed by atoms with van der Waals surface area (Å²) < 4.78 is 12.3. The molecule has 3 aromatic heterocycles. The third-order valence-electron chi connectivity index (χ3n) is 5.76. The lowest BCUT2D eigenvalue weighted by Gasteiger charge is -2.11. The van der Waals surface area contributed by atoms with E-state index < -0.39 is 6.04 Å². The molecule has 0 fully saturated rings. The number of anilines is 2. The molecule has 4 rings (SSSR count). The average molecular weight is 516 g/mol. The zero-order chi connectivity index (χ0) is 27.2. The first kappa shape index (κ1) is 26.3. The largest absolute Gasteiger partial charge is 0.496 e. The van der Waals surface area contributed by atoms with Crippen LogP contribution in [0.1, 0.15) is 34.7 Å². The van der Waals surface area contributed by atoms with E-state index in [9.17, 15) is 9.59 Å². The Hall–Kier alpha value is -4.77. The molecule has 0 saturated carbocycles. The standard InChI is InChI=1S/C27H29N7O4/c1-16-7-10-21(30-15-16)32-27(36)19-9-8-18(14-20(19)38-4)23-24-25(28)29-11-12-34(24)26(33-23)17(2)31-22(35)6-5-13-37-3/h5-12,14-15,17H,13H2,1-4H3,(H2,28,29)(H,31,35)(H,30,32,36)/b6-5+. The molecule has 4 aromatic rings. The second-order valence-corrected chi connectivity index (χ2v) is 8.53. The summed E-state index contributed by atoms with van der Waals surface area (Å²) in [5, 5.41) is 5.68. The van der Waals surface area contributed by atoms with E-state index in [0.717, 1.165) is 5.56 Å². The van der Waals surface area contributed by atoms with Crippen LogP contribution in [-0.2, 0) is 9.53 Å². The van der Waals surface area contributed by atoms with Crippen molar-refractivity contribution in [2.45, 2.75) is 19.9 Å². The molecule has 0 aliphatic rings. The summed E-state index contributed by atoms with van der Waals surface area (Å²) in [4.78, 5) is 38.5. The molecule has 1 atom stereocenters. The molecule has 0 saturated heterocycles. The van der Waals surface area contributed by atoms with Gasteiger partial charge in [0.1, 0.15) is 34.4 Å². The van der Waals surface area contributed by atoms with Crippen LogP contribution >= 0.6 is 0 Å². The summed E-state index contributed by atoms with van der Waals surface area (Å²) in [5.74, 6) is 0.967. The molecule has 196 valence electrons. The van der Waals surface area contributed by atoms with Gasteiger partial charge in [0.2, 0.25) is 5.91 Å². The van der Waals surface area contributed by atoms with Crippen molar-refractivity contribution < 1.29 is 19.1 Å². The maximum atomic E-state index is 12.9. The van der Waals surface area contributed by atoms with Crippen molar-refractivity contribution in [2.75, 3.05) is 31.9 Å². The van der Waals surface area contributed by atoms with Crippen LogP contribution in [0.15, 0.2) is 61.1 Å². The first-order valence-electron chi connectivity index (χ1n) is 11.8. The van der Waals surface area contributed by atoms with E-state index in [1.165, 1.54) is 13.2 Å². The molecule has 0 radical (unpaired) electrons. The molecule has 0 aliphatic carbocycles. The van der Waals surface area contributed by atoms with Gasteiger partial charge < -0.3 is 25.8 Å². The number of imidazole rings is 1. The van der Waals surface area contributed by atoms with E-state index in [1.807, 2.05) is 19.9 Å². The molecular formula is C27H29N7O4. The minimum absolute atomic E-state index is 0.269. The summed E-state index contributed by atoms with van der Waals surface area (Å²) in [6, 6.07) is 8.27. The minimum Gasteiger partial charge on any atom is -0.496 e. The van der Waals surface area contributed by atoms with Gasteiger partial charge in [-0.05, 0) is 37.6 Å². The van der Waals surface area contributed by atoms with Crippen LogP contribution in [-0.4, -0.2) is 52.0 Å². The molecule has 0 spiro atoms. The lowest BCUT2D eigenvalue weighted by molar-refractivity contribution is -0.117. The fourth-order valence-corrected chi connectivity index (χ4v) is 3.92. The summed E-state index contributed by atoms with van der Waals surface area (Å²) in [6.07, 6.45) is 8.01. The van der Waals surface area contributed by atoms with E-state index in [4.69, 9.17) is 20.2 Å². The number of aryl methyl sites for hydroxylation is 1. The van der Waals surface area contributed by atoms with Crippen molar-refractivity contribution in [1.29, 1.82) is 0 Å². The van der Waals surface area contributed by atoms with Crippen LogP contribution in [0.4, 0.5) is 11.6 Å². The fraction of sp³-hybridized carbons (Fsp3) is 0.222. The van der Waals surface area contributed by atoms with Gasteiger partial charge in [0, 0.05) is 37.3 Å². The number of carbonyl (C=O) groups excluding carboxylic acids is 2. The van der Waals surface area contributed by atoms with E-state index in [2.05, 4.69) is 20.6 Å². The number of carbonyl (C=O) groups is 2. The molecule has 0 bridgehead atoms. The highest BCUT2D eigenvalue weighted by atomic mass is 16.5. The van der Waals surface area contributed by atoms with E-state index in [0.29, 0.717) is 46.3 Å². The summed E-state index contributed by atoms with van der Waals surface area (Å²) >= 11 is 0. The van der Waals surface area contributed by atoms with Crippen LogP contribution in [0.25, 0.3) is 16.8 Å². The first-order valence-corrected chi connectivity index (χ1v) is 11.8. The van der Waals surface area contributed by atoms with Crippen molar-refractivity contribution in [3.63, 3.8) is 0 Å². The van der Waals surface area contributed by atoms with Crippen molar-refractivity contribution in [2.24, 2.45) is 0 Å². The number of methoxy groups -OCH3 is 2. The third kappa shape index (κ3) is 5.62. The molecule has 1 unspecified atom stereocenters. The molecule has 2 amide bonds. The first-order chi connectivity index (χ1) is 18.3. The predicted molar refractivity (Wildman–Crippen MR) is 144 cm³/mol. The van der Waals surface area contributed by atoms with Gasteiger partial charge in [-0.3, -0.25) is 14.0 Å². The number of nitrogens with two attached hydrogens (primary N) is 1. The number of benzene rings is 1. The highest BCUT2D eigenvalue weighted by molar-refractivity contribution is 6.06. The lowest BCUT2D eigenvalue weighted by Crippen LogP contribution is -2.26. The van der Waals surface area contributed by atoms with Gasteiger partial charge >= 0.3 is 0 Å². The molecule has 4 N–H and O–H groups in total. The zero-order valence-electron chi connectivity index (χ0n) is 21.6. The third-order valence-corrected chi connectivity index (χ3v) is 5.76. The van der Waals surface area contributed by atoms with Crippen LogP contribution in [0, 0.1) is 6.92 Å². The van der Waals surface area contributed by atoms with Gasteiger partial charge in [0.15, 0.2) is 0 Å². The summed E-state index contributed by atoms with van der Waals surface area (Å²) in [7, 11) is 3.04. The van der Waals surface area contributed by atoms with Crippen molar-refractivity contribution in [3.8, 4) is 17.0 Å². The Morgan fingerprint density at radius 2 is 2.00 bits per heavy atom. The molecule has 0 aliphatic heterocycles. The van der Waals surface area contributed by atoms with E-state index in [-0.39, 0.29) is 17.6 Å². The van der Waals surface area contributed by atoms with Gasteiger partial charge in [-0.2, -0.15) is 0 Å². The normalized spacial score (nSPS) is 12.0.